The molecule has 0 radical (unpaired) electrons. The number of ketones is 2. The van der Waals surface area contributed by atoms with Gasteiger partial charge in [-0.05, 0) is 13.8 Å². The molecule has 0 saturated heterocycles. The second-order valence-corrected chi connectivity index (χ2v) is 3.18. The highest BCUT2D eigenvalue weighted by Gasteiger charge is 2.01. The fourth-order valence-electron chi connectivity index (χ4n) is 0.598. The van der Waals surface area contributed by atoms with Crippen LogP contribution < -0.4 is 0 Å². The molecule has 80 valence electrons. The zero-order chi connectivity index (χ0) is 11.0. The Morgan fingerprint density at radius 1 is 1.00 bits per heavy atom. The maximum Gasteiger partial charge on any atom is 0.352 e. The predicted molar refractivity (Wildman–Crippen MR) is 55.1 cm³/mol. The highest BCUT2D eigenvalue weighted by Crippen LogP contribution is 1.92. The molecule has 0 bridgehead atoms. The van der Waals surface area contributed by atoms with Gasteiger partial charge in [-0.25, -0.2) is 0 Å². The van der Waals surface area contributed by atoms with E-state index in [-0.39, 0.29) is 30.0 Å². The van der Waals surface area contributed by atoms with E-state index in [0.717, 1.165) is 0 Å². The minimum atomic E-state index is -0.00694. The minimum Gasteiger partial charge on any atom is -0.456 e. The molecule has 5 heteroatoms. The lowest BCUT2D eigenvalue weighted by atomic mass is 10.3. The van der Waals surface area contributed by atoms with Crippen LogP contribution in [0.4, 0.5) is 0 Å². The van der Waals surface area contributed by atoms with Gasteiger partial charge in [-0.15, -0.1) is 0 Å². The van der Waals surface area contributed by atoms with E-state index in [9.17, 15) is 9.59 Å². The van der Waals surface area contributed by atoms with Crippen molar-refractivity contribution in [3.05, 3.63) is 0 Å². The fraction of sp³-hybridized carbons (Fsp3) is 0.667. The molecular weight excluding hydrogens is 204 g/mol. The van der Waals surface area contributed by atoms with Crippen LogP contribution in [-0.2, 0) is 19.1 Å². The molecule has 0 aliphatic rings. The van der Waals surface area contributed by atoms with Gasteiger partial charge in [0, 0.05) is 25.1 Å². The number of hydrogen-bond donors (Lipinski definition) is 0. The largest absolute Gasteiger partial charge is 0.456 e. The van der Waals surface area contributed by atoms with Gasteiger partial charge in [0.1, 0.15) is 11.6 Å². The quantitative estimate of drug-likeness (QED) is 0.628. The van der Waals surface area contributed by atoms with Gasteiger partial charge in [0.2, 0.25) is 0 Å². The number of hydrogen-bond acceptors (Lipinski definition) is 5. The van der Waals surface area contributed by atoms with Crippen LogP contribution in [0.5, 0.6) is 0 Å². The summed E-state index contributed by atoms with van der Waals surface area (Å²) in [4.78, 5) is 21.0. The van der Waals surface area contributed by atoms with Gasteiger partial charge in [0.25, 0.3) is 0 Å². The van der Waals surface area contributed by atoms with Gasteiger partial charge in [-0.3, -0.25) is 9.59 Å². The molecule has 0 atom stereocenters. The van der Waals surface area contributed by atoms with Gasteiger partial charge in [-0.2, -0.15) is 0 Å². The summed E-state index contributed by atoms with van der Waals surface area (Å²) in [5, 5.41) is -0.00694. The van der Waals surface area contributed by atoms with Gasteiger partial charge in [-0.1, -0.05) is 0 Å². The van der Waals surface area contributed by atoms with Crippen LogP contribution in [0.1, 0.15) is 26.7 Å². The summed E-state index contributed by atoms with van der Waals surface area (Å²) in [6, 6.07) is 0. The molecule has 0 aliphatic heterocycles. The van der Waals surface area contributed by atoms with E-state index >= 15 is 0 Å². The van der Waals surface area contributed by atoms with Gasteiger partial charge < -0.3 is 9.47 Å². The van der Waals surface area contributed by atoms with Crippen LogP contribution in [0.25, 0.3) is 0 Å². The summed E-state index contributed by atoms with van der Waals surface area (Å²) >= 11 is 4.69. The number of rotatable bonds is 6. The van der Waals surface area contributed by atoms with Crippen molar-refractivity contribution in [1.82, 2.24) is 0 Å². The van der Waals surface area contributed by atoms with E-state index in [1.807, 2.05) is 0 Å². The van der Waals surface area contributed by atoms with Crippen molar-refractivity contribution >= 4 is 29.0 Å². The first-order valence-electron chi connectivity index (χ1n) is 4.31. The van der Waals surface area contributed by atoms with Crippen LogP contribution in [0.15, 0.2) is 0 Å². The van der Waals surface area contributed by atoms with Crippen molar-refractivity contribution in [2.24, 2.45) is 0 Å². The Hall–Kier alpha value is -0.970. The molecule has 0 aromatic rings. The molecule has 0 rings (SSSR count). The molecule has 4 nitrogen and oxygen atoms in total. The molecule has 0 aromatic carbocycles. The molecule has 0 N–H and O–H groups in total. The van der Waals surface area contributed by atoms with Crippen LogP contribution in [0.2, 0.25) is 0 Å². The van der Waals surface area contributed by atoms with Crippen molar-refractivity contribution in [2.45, 2.75) is 26.7 Å². The fourth-order valence-corrected chi connectivity index (χ4v) is 0.765. The highest BCUT2D eigenvalue weighted by atomic mass is 32.1. The number of carbonyl (C=O) groups is 2. The Morgan fingerprint density at radius 3 is 1.64 bits per heavy atom. The standard InChI is InChI=1S/C9H14O4S/c1-7(10)3-5-12-9(14)13-6-4-8(2)11/h3-6H2,1-2H3. The Labute approximate surface area is 88.6 Å². The van der Waals surface area contributed by atoms with E-state index < -0.39 is 0 Å². The number of ether oxygens (including phenoxy) is 2. The average molecular weight is 218 g/mol. The second-order valence-electron chi connectivity index (χ2n) is 2.85. The van der Waals surface area contributed by atoms with Crippen LogP contribution in [-0.4, -0.2) is 30.0 Å². The Bertz CT molecular complexity index is 203. The summed E-state index contributed by atoms with van der Waals surface area (Å²) in [6.07, 6.45) is 0.631. The Kier molecular flexibility index (Phi) is 6.92. The highest BCUT2D eigenvalue weighted by molar-refractivity contribution is 7.79. The summed E-state index contributed by atoms with van der Waals surface area (Å²) in [6.45, 7) is 3.41. The maximum absolute atomic E-state index is 10.5. The van der Waals surface area contributed by atoms with Crippen LogP contribution >= 0.6 is 12.2 Å². The molecular formula is C9H14O4S. The SMILES string of the molecule is CC(=O)CCOC(=S)OCCC(C)=O. The van der Waals surface area contributed by atoms with Crippen LogP contribution in [0, 0.1) is 0 Å². The first-order valence-corrected chi connectivity index (χ1v) is 4.71. The van der Waals surface area contributed by atoms with E-state index in [1.54, 1.807) is 0 Å². The molecule has 0 spiro atoms. The van der Waals surface area contributed by atoms with Gasteiger partial charge in [0.15, 0.2) is 0 Å². The number of Topliss-reactive ketones (excluding diaryl/α,β-unsaturated/α-hetero) is 2. The van der Waals surface area contributed by atoms with E-state index in [0.29, 0.717) is 12.8 Å². The topological polar surface area (TPSA) is 52.6 Å². The smallest absolute Gasteiger partial charge is 0.352 e. The molecule has 0 amide bonds. The van der Waals surface area contributed by atoms with Crippen LogP contribution in [0.3, 0.4) is 0 Å². The molecule has 0 heterocycles. The summed E-state index contributed by atoms with van der Waals surface area (Å²) < 4.78 is 9.82. The van der Waals surface area contributed by atoms with Crippen molar-refractivity contribution in [3.8, 4) is 0 Å². The third-order valence-electron chi connectivity index (χ3n) is 1.35. The first-order chi connectivity index (χ1) is 6.52. The lowest BCUT2D eigenvalue weighted by molar-refractivity contribution is -0.118. The Morgan fingerprint density at radius 2 is 1.36 bits per heavy atom. The van der Waals surface area contributed by atoms with Crippen molar-refractivity contribution in [3.63, 3.8) is 0 Å². The summed E-state index contributed by atoms with van der Waals surface area (Å²) in [7, 11) is 0. The third-order valence-corrected chi connectivity index (χ3v) is 1.58. The van der Waals surface area contributed by atoms with E-state index in [4.69, 9.17) is 21.7 Å². The zero-order valence-corrected chi connectivity index (χ0v) is 9.19. The predicted octanol–water partition coefficient (Wildman–Crippen LogP) is 1.26. The van der Waals surface area contributed by atoms with Crippen molar-refractivity contribution in [2.75, 3.05) is 13.2 Å². The minimum absolute atomic E-state index is 0.00694. The molecule has 0 fully saturated rings. The van der Waals surface area contributed by atoms with E-state index in [1.165, 1.54) is 13.8 Å². The Balaban J connectivity index is 3.37. The summed E-state index contributed by atoms with van der Waals surface area (Å²) in [5.41, 5.74) is 0. The molecule has 0 saturated carbocycles. The first kappa shape index (κ1) is 13.0. The number of carbonyl (C=O) groups excluding carboxylic acids is 2. The maximum atomic E-state index is 10.5. The lowest BCUT2D eigenvalue weighted by Gasteiger charge is -2.06. The monoisotopic (exact) mass is 218 g/mol. The second kappa shape index (κ2) is 7.44. The average Bonchev–Trinajstić information content (AvgIpc) is 2.02. The lowest BCUT2D eigenvalue weighted by Crippen LogP contribution is -2.11. The summed E-state index contributed by atoms with van der Waals surface area (Å²) in [5.74, 6) is 0.0769. The van der Waals surface area contributed by atoms with Crippen molar-refractivity contribution in [1.29, 1.82) is 0 Å². The van der Waals surface area contributed by atoms with Gasteiger partial charge in [0.05, 0.1) is 13.2 Å². The molecule has 0 aliphatic carbocycles. The normalized spacial score (nSPS) is 9.29. The number of thiocarbonyl (C=S) groups is 1. The molecule has 0 unspecified atom stereocenters. The zero-order valence-electron chi connectivity index (χ0n) is 8.37. The molecule has 14 heavy (non-hydrogen) atoms. The van der Waals surface area contributed by atoms with Gasteiger partial charge >= 0.3 is 5.24 Å². The van der Waals surface area contributed by atoms with Crippen molar-refractivity contribution < 1.29 is 19.1 Å². The molecule has 0 aromatic heterocycles. The van der Waals surface area contributed by atoms with E-state index in [2.05, 4.69) is 0 Å². The third kappa shape index (κ3) is 9.12.